The Labute approximate surface area is 181 Å². The molecule has 10 heteroatoms. The van der Waals surface area contributed by atoms with Crippen molar-refractivity contribution in [3.63, 3.8) is 0 Å². The number of aliphatic hydroxyl groups is 1. The van der Waals surface area contributed by atoms with Crippen molar-refractivity contribution >= 4 is 10.0 Å². The summed E-state index contributed by atoms with van der Waals surface area (Å²) in [5.74, 6) is 0. The first-order valence-corrected chi connectivity index (χ1v) is 11.7. The number of aliphatic hydroxyl groups excluding tert-OH is 1. The van der Waals surface area contributed by atoms with E-state index < -0.39 is 22.2 Å². The molecule has 1 aliphatic rings. The highest BCUT2D eigenvalue weighted by atomic mass is 32.2. The van der Waals surface area contributed by atoms with E-state index >= 15 is 0 Å². The van der Waals surface area contributed by atoms with Crippen LogP contribution >= 0.6 is 0 Å². The Morgan fingerprint density at radius 1 is 1.16 bits per heavy atom. The van der Waals surface area contributed by atoms with Crippen LogP contribution in [-0.4, -0.2) is 58.4 Å². The number of rotatable bonds is 8. The molecule has 0 saturated carbocycles. The van der Waals surface area contributed by atoms with Crippen molar-refractivity contribution in [3.05, 3.63) is 61.1 Å². The van der Waals surface area contributed by atoms with E-state index in [0.29, 0.717) is 25.8 Å². The second kappa shape index (κ2) is 9.65. The van der Waals surface area contributed by atoms with E-state index in [1.807, 2.05) is 18.3 Å². The number of aromatic nitrogens is 4. The summed E-state index contributed by atoms with van der Waals surface area (Å²) in [4.78, 5) is 4.29. The van der Waals surface area contributed by atoms with Crippen LogP contribution in [0.4, 0.5) is 0 Å². The first-order valence-electron chi connectivity index (χ1n) is 10.2. The van der Waals surface area contributed by atoms with E-state index in [4.69, 9.17) is 4.74 Å². The molecule has 1 saturated heterocycles. The van der Waals surface area contributed by atoms with Crippen LogP contribution < -0.4 is 4.72 Å². The number of sulfonamides is 1. The van der Waals surface area contributed by atoms with Gasteiger partial charge in [-0.3, -0.25) is 9.67 Å². The fourth-order valence-electron chi connectivity index (χ4n) is 3.68. The molecule has 9 nitrogen and oxygen atoms in total. The van der Waals surface area contributed by atoms with E-state index in [-0.39, 0.29) is 17.6 Å². The third kappa shape index (κ3) is 5.34. The third-order valence-electron chi connectivity index (χ3n) is 5.33. The molecule has 4 rings (SSSR count). The molecular formula is C21H25N5O4S. The topological polar surface area (TPSA) is 119 Å². The lowest BCUT2D eigenvalue weighted by Gasteiger charge is -2.36. The van der Waals surface area contributed by atoms with Crippen molar-refractivity contribution in [3.8, 4) is 11.3 Å². The van der Waals surface area contributed by atoms with Gasteiger partial charge < -0.3 is 9.84 Å². The SMILES string of the molecule is O=S(=O)(N[C@H]1CC[C@H](CCn2cc(-c3cccnc3)nn2)O[C@@H]1CO)c1ccccc1. The van der Waals surface area contributed by atoms with Gasteiger partial charge in [0.15, 0.2) is 0 Å². The summed E-state index contributed by atoms with van der Waals surface area (Å²) in [7, 11) is -3.67. The highest BCUT2D eigenvalue weighted by Crippen LogP contribution is 2.24. The van der Waals surface area contributed by atoms with Gasteiger partial charge in [-0.2, -0.15) is 0 Å². The van der Waals surface area contributed by atoms with Gasteiger partial charge in [0.25, 0.3) is 0 Å². The summed E-state index contributed by atoms with van der Waals surface area (Å²) in [5, 5.41) is 18.1. The van der Waals surface area contributed by atoms with E-state index in [0.717, 1.165) is 11.3 Å². The van der Waals surface area contributed by atoms with Gasteiger partial charge in [-0.15, -0.1) is 5.10 Å². The zero-order valence-corrected chi connectivity index (χ0v) is 17.7. The Balaban J connectivity index is 1.32. The molecule has 0 radical (unpaired) electrons. The fraction of sp³-hybridized carbons (Fsp3) is 0.381. The molecule has 3 heterocycles. The molecule has 3 atom stereocenters. The summed E-state index contributed by atoms with van der Waals surface area (Å²) in [6.07, 6.45) is 6.56. The zero-order valence-electron chi connectivity index (χ0n) is 16.9. The minimum atomic E-state index is -3.67. The van der Waals surface area contributed by atoms with Gasteiger partial charge in [-0.05, 0) is 43.5 Å². The lowest BCUT2D eigenvalue weighted by Crippen LogP contribution is -2.50. The molecule has 0 amide bonds. The monoisotopic (exact) mass is 443 g/mol. The smallest absolute Gasteiger partial charge is 0.240 e. The number of pyridine rings is 1. The first kappa shape index (κ1) is 21.6. The van der Waals surface area contributed by atoms with E-state index in [1.54, 1.807) is 47.4 Å². The van der Waals surface area contributed by atoms with Crippen molar-refractivity contribution in [2.75, 3.05) is 6.61 Å². The number of hydrogen-bond acceptors (Lipinski definition) is 7. The predicted molar refractivity (Wildman–Crippen MR) is 113 cm³/mol. The Bertz CT molecular complexity index is 1080. The lowest BCUT2D eigenvalue weighted by atomic mass is 9.98. The largest absolute Gasteiger partial charge is 0.394 e. The normalized spacial score (nSPS) is 21.8. The van der Waals surface area contributed by atoms with Crippen LogP contribution in [0.3, 0.4) is 0 Å². The third-order valence-corrected chi connectivity index (χ3v) is 6.84. The maximum absolute atomic E-state index is 12.6. The second-order valence-corrected chi connectivity index (χ2v) is 9.21. The highest BCUT2D eigenvalue weighted by Gasteiger charge is 2.33. The summed E-state index contributed by atoms with van der Waals surface area (Å²) in [5.41, 5.74) is 1.65. The van der Waals surface area contributed by atoms with Crippen LogP contribution in [0.1, 0.15) is 19.3 Å². The zero-order chi connectivity index (χ0) is 21.7. The number of aryl methyl sites for hydroxylation is 1. The molecule has 31 heavy (non-hydrogen) atoms. The highest BCUT2D eigenvalue weighted by molar-refractivity contribution is 7.89. The minimum absolute atomic E-state index is 0.0966. The molecule has 0 unspecified atom stereocenters. The molecule has 1 aliphatic heterocycles. The number of benzene rings is 1. The van der Waals surface area contributed by atoms with Gasteiger partial charge in [-0.25, -0.2) is 13.1 Å². The Hall–Kier alpha value is -2.66. The Morgan fingerprint density at radius 3 is 2.74 bits per heavy atom. The number of ether oxygens (including phenoxy) is 1. The van der Waals surface area contributed by atoms with Crippen LogP contribution in [0.2, 0.25) is 0 Å². The van der Waals surface area contributed by atoms with Crippen LogP contribution in [0, 0.1) is 0 Å². The summed E-state index contributed by atoms with van der Waals surface area (Å²) >= 11 is 0. The maximum atomic E-state index is 12.6. The maximum Gasteiger partial charge on any atom is 0.240 e. The van der Waals surface area contributed by atoms with E-state index in [2.05, 4.69) is 20.0 Å². The first-order chi connectivity index (χ1) is 15.0. The summed E-state index contributed by atoms with van der Waals surface area (Å²) in [6, 6.07) is 11.5. The van der Waals surface area contributed by atoms with Crippen LogP contribution in [0.15, 0.2) is 66.0 Å². The molecule has 0 spiro atoms. The van der Waals surface area contributed by atoms with E-state index in [1.165, 1.54) is 0 Å². The minimum Gasteiger partial charge on any atom is -0.394 e. The van der Waals surface area contributed by atoms with Crippen LogP contribution in [-0.2, 0) is 21.3 Å². The standard InChI is InChI=1S/C21H25N5O4S/c27-15-21-19(24-31(28,29)18-6-2-1-3-7-18)9-8-17(30-21)10-12-26-14-20(23-25-26)16-5-4-11-22-13-16/h1-7,11,13-14,17,19,21,24,27H,8-10,12,15H2/t17-,19+,21-/m1/s1. The van der Waals surface area contributed by atoms with Gasteiger partial charge in [0, 0.05) is 24.5 Å². The molecule has 1 fully saturated rings. The summed E-state index contributed by atoms with van der Waals surface area (Å²) < 4.78 is 35.6. The average molecular weight is 444 g/mol. The summed E-state index contributed by atoms with van der Waals surface area (Å²) in [6.45, 7) is 0.351. The molecular weight excluding hydrogens is 418 g/mol. The molecule has 2 N–H and O–H groups in total. The molecule has 0 aliphatic carbocycles. The Kier molecular flexibility index (Phi) is 6.71. The average Bonchev–Trinajstić information content (AvgIpc) is 3.28. The second-order valence-electron chi connectivity index (χ2n) is 7.49. The molecule has 164 valence electrons. The predicted octanol–water partition coefficient (Wildman–Crippen LogP) is 1.62. The van der Waals surface area contributed by atoms with Crippen molar-refractivity contribution in [2.24, 2.45) is 0 Å². The van der Waals surface area contributed by atoms with Crippen molar-refractivity contribution < 1.29 is 18.3 Å². The molecule has 2 aromatic heterocycles. The number of nitrogens with zero attached hydrogens (tertiary/aromatic N) is 4. The van der Waals surface area contributed by atoms with Gasteiger partial charge in [0.05, 0.1) is 35.9 Å². The van der Waals surface area contributed by atoms with Crippen molar-refractivity contribution in [1.29, 1.82) is 0 Å². The number of hydrogen-bond donors (Lipinski definition) is 2. The van der Waals surface area contributed by atoms with Crippen LogP contribution in [0.25, 0.3) is 11.3 Å². The van der Waals surface area contributed by atoms with E-state index in [9.17, 15) is 13.5 Å². The Morgan fingerprint density at radius 2 is 2.00 bits per heavy atom. The number of nitrogens with one attached hydrogen (secondary N) is 1. The quantitative estimate of drug-likeness (QED) is 0.543. The molecule has 1 aromatic carbocycles. The molecule has 3 aromatic rings. The van der Waals surface area contributed by atoms with Gasteiger partial charge in [0.1, 0.15) is 5.69 Å². The van der Waals surface area contributed by atoms with Gasteiger partial charge in [-0.1, -0.05) is 23.4 Å². The van der Waals surface area contributed by atoms with Gasteiger partial charge in [0.2, 0.25) is 10.0 Å². The van der Waals surface area contributed by atoms with Crippen LogP contribution in [0.5, 0.6) is 0 Å². The molecule has 0 bridgehead atoms. The van der Waals surface area contributed by atoms with Gasteiger partial charge >= 0.3 is 0 Å². The van der Waals surface area contributed by atoms with Crippen molar-refractivity contribution in [1.82, 2.24) is 24.7 Å². The fourth-order valence-corrected chi connectivity index (χ4v) is 5.00. The lowest BCUT2D eigenvalue weighted by molar-refractivity contribution is -0.0891. The van der Waals surface area contributed by atoms with Crippen molar-refractivity contribution in [2.45, 2.75) is 49.0 Å².